The molecular weight excluding hydrogens is 462 g/mol. The van der Waals surface area contributed by atoms with Gasteiger partial charge < -0.3 is 15.4 Å². The van der Waals surface area contributed by atoms with E-state index in [0.29, 0.717) is 11.3 Å². The van der Waals surface area contributed by atoms with Gasteiger partial charge in [-0.25, -0.2) is 0 Å². The summed E-state index contributed by atoms with van der Waals surface area (Å²) in [6, 6.07) is 18.3. The third kappa shape index (κ3) is 6.75. The molecule has 0 saturated carbocycles. The highest BCUT2D eigenvalue weighted by molar-refractivity contribution is 6.05. The lowest BCUT2D eigenvalue weighted by Crippen LogP contribution is -2.31. The van der Waals surface area contributed by atoms with Gasteiger partial charge in [-0.15, -0.1) is 0 Å². The number of nitrogens with one attached hydrogen (secondary N) is 2. The number of nitro benzene ring substituents is 1. The van der Waals surface area contributed by atoms with Crippen molar-refractivity contribution in [2.45, 2.75) is 39.3 Å². The van der Waals surface area contributed by atoms with Crippen LogP contribution in [0.25, 0.3) is 0 Å². The average Bonchev–Trinajstić information content (AvgIpc) is 2.84. The van der Waals surface area contributed by atoms with E-state index in [1.54, 1.807) is 69.3 Å². The van der Waals surface area contributed by atoms with Crippen molar-refractivity contribution in [3.63, 3.8) is 0 Å². The molecule has 0 heterocycles. The zero-order chi connectivity index (χ0) is 26.2. The fourth-order valence-electron chi connectivity index (χ4n) is 3.59. The van der Waals surface area contributed by atoms with Gasteiger partial charge in [-0.3, -0.25) is 24.5 Å². The minimum Gasteiger partial charge on any atom is -0.463 e. The molecular formula is C27H27N3O6. The Kier molecular flexibility index (Phi) is 8.51. The van der Waals surface area contributed by atoms with Crippen LogP contribution in [0.15, 0.2) is 72.8 Å². The number of carbonyl (C=O) groups is 3. The maximum Gasteiger partial charge on any atom is 0.308 e. The molecule has 0 bridgehead atoms. The number of carbonyl (C=O) groups excluding carboxylic acids is 3. The van der Waals surface area contributed by atoms with E-state index in [1.807, 2.05) is 0 Å². The molecule has 36 heavy (non-hydrogen) atoms. The van der Waals surface area contributed by atoms with Crippen LogP contribution in [0.2, 0.25) is 0 Å². The number of nitrogens with zero attached hydrogens (tertiary/aromatic N) is 1. The zero-order valence-corrected chi connectivity index (χ0v) is 20.2. The van der Waals surface area contributed by atoms with E-state index in [-0.39, 0.29) is 35.2 Å². The fourth-order valence-corrected chi connectivity index (χ4v) is 3.59. The number of hydrogen-bond acceptors (Lipinski definition) is 6. The summed E-state index contributed by atoms with van der Waals surface area (Å²) in [7, 11) is 0. The number of benzene rings is 3. The maximum atomic E-state index is 13.2. The number of ether oxygens (including phenoxy) is 1. The monoisotopic (exact) mass is 489 g/mol. The summed E-state index contributed by atoms with van der Waals surface area (Å²) in [5, 5.41) is 17.1. The van der Waals surface area contributed by atoms with Gasteiger partial charge in [-0.05, 0) is 50.6 Å². The Morgan fingerprint density at radius 1 is 0.917 bits per heavy atom. The SMILES string of the molecule is Cc1ccc(C(=O)NC(CC(=O)OC(C)C)c2ccccc2[N+](=O)[O-])cc1NC(=O)c1ccccc1. The summed E-state index contributed by atoms with van der Waals surface area (Å²) in [6.07, 6.45) is -0.675. The first-order chi connectivity index (χ1) is 17.2. The van der Waals surface area contributed by atoms with Crippen molar-refractivity contribution in [1.29, 1.82) is 0 Å². The van der Waals surface area contributed by atoms with Gasteiger partial charge in [0.2, 0.25) is 0 Å². The molecule has 9 nitrogen and oxygen atoms in total. The molecule has 1 unspecified atom stereocenters. The topological polar surface area (TPSA) is 128 Å². The van der Waals surface area contributed by atoms with Crippen molar-refractivity contribution in [3.05, 3.63) is 105 Å². The smallest absolute Gasteiger partial charge is 0.308 e. The molecule has 0 aromatic heterocycles. The van der Waals surface area contributed by atoms with Crippen molar-refractivity contribution in [2.75, 3.05) is 5.32 Å². The van der Waals surface area contributed by atoms with Crippen LogP contribution in [-0.4, -0.2) is 28.8 Å². The summed E-state index contributed by atoms with van der Waals surface area (Å²) >= 11 is 0. The minimum atomic E-state index is -1.01. The molecule has 3 rings (SSSR count). The van der Waals surface area contributed by atoms with Gasteiger partial charge in [0, 0.05) is 22.9 Å². The predicted molar refractivity (Wildman–Crippen MR) is 135 cm³/mol. The Hall–Kier alpha value is -4.53. The van der Waals surface area contributed by atoms with Crippen LogP contribution in [0.1, 0.15) is 58.2 Å². The van der Waals surface area contributed by atoms with Crippen LogP contribution < -0.4 is 10.6 Å². The molecule has 3 aromatic rings. The van der Waals surface area contributed by atoms with Crippen molar-refractivity contribution >= 4 is 29.2 Å². The van der Waals surface area contributed by atoms with Gasteiger partial charge in [-0.2, -0.15) is 0 Å². The van der Waals surface area contributed by atoms with Crippen molar-refractivity contribution < 1.29 is 24.0 Å². The van der Waals surface area contributed by atoms with E-state index in [4.69, 9.17) is 4.74 Å². The summed E-state index contributed by atoms with van der Waals surface area (Å²) < 4.78 is 5.20. The van der Waals surface area contributed by atoms with E-state index in [2.05, 4.69) is 10.6 Å². The predicted octanol–water partition coefficient (Wildman–Crippen LogP) is 4.97. The van der Waals surface area contributed by atoms with Crippen molar-refractivity contribution in [2.24, 2.45) is 0 Å². The number of anilines is 1. The van der Waals surface area contributed by atoms with E-state index < -0.39 is 22.8 Å². The first-order valence-electron chi connectivity index (χ1n) is 11.4. The number of aryl methyl sites for hydroxylation is 1. The molecule has 0 aliphatic carbocycles. The summed E-state index contributed by atoms with van der Waals surface area (Å²) in [5.74, 6) is -1.50. The lowest BCUT2D eigenvalue weighted by atomic mass is 10.0. The van der Waals surface area contributed by atoms with Crippen LogP contribution in [0.4, 0.5) is 11.4 Å². The maximum absolute atomic E-state index is 13.2. The highest BCUT2D eigenvalue weighted by Crippen LogP contribution is 2.28. The average molecular weight is 490 g/mol. The first kappa shape index (κ1) is 26.1. The fraction of sp³-hybridized carbons (Fsp3) is 0.222. The molecule has 9 heteroatoms. The molecule has 0 radical (unpaired) electrons. The number of hydrogen-bond donors (Lipinski definition) is 2. The number of para-hydroxylation sites is 1. The van der Waals surface area contributed by atoms with Gasteiger partial charge >= 0.3 is 5.97 Å². The molecule has 0 spiro atoms. The van der Waals surface area contributed by atoms with Gasteiger partial charge in [-0.1, -0.05) is 42.5 Å². The molecule has 2 amide bonds. The zero-order valence-electron chi connectivity index (χ0n) is 20.2. The molecule has 1 atom stereocenters. The van der Waals surface area contributed by atoms with Crippen LogP contribution in [0.3, 0.4) is 0 Å². The molecule has 3 aromatic carbocycles. The second-order valence-corrected chi connectivity index (χ2v) is 8.43. The van der Waals surface area contributed by atoms with E-state index in [1.165, 1.54) is 24.3 Å². The van der Waals surface area contributed by atoms with E-state index >= 15 is 0 Å². The number of rotatable bonds is 9. The normalized spacial score (nSPS) is 11.4. The number of nitro groups is 1. The molecule has 0 saturated heterocycles. The Labute approximate surface area is 208 Å². The number of amides is 2. The van der Waals surface area contributed by atoms with Crippen LogP contribution in [0, 0.1) is 17.0 Å². The van der Waals surface area contributed by atoms with Crippen LogP contribution >= 0.6 is 0 Å². The van der Waals surface area contributed by atoms with Gasteiger partial charge in [0.15, 0.2) is 0 Å². The Morgan fingerprint density at radius 3 is 2.25 bits per heavy atom. The van der Waals surface area contributed by atoms with Crippen LogP contribution in [-0.2, 0) is 9.53 Å². The van der Waals surface area contributed by atoms with Gasteiger partial charge in [0.1, 0.15) is 0 Å². The van der Waals surface area contributed by atoms with Crippen molar-refractivity contribution in [1.82, 2.24) is 5.32 Å². The Balaban J connectivity index is 1.87. The second kappa shape index (κ2) is 11.7. The van der Waals surface area contributed by atoms with E-state index in [0.717, 1.165) is 5.56 Å². The third-order valence-electron chi connectivity index (χ3n) is 5.34. The highest BCUT2D eigenvalue weighted by atomic mass is 16.6. The Bertz CT molecular complexity index is 1270. The van der Waals surface area contributed by atoms with Crippen LogP contribution in [0.5, 0.6) is 0 Å². The Morgan fingerprint density at radius 2 is 1.58 bits per heavy atom. The minimum absolute atomic E-state index is 0.182. The molecule has 2 N–H and O–H groups in total. The summed E-state index contributed by atoms with van der Waals surface area (Å²) in [4.78, 5) is 49.2. The standard InChI is InChI=1S/C27H27N3O6/c1-17(2)36-25(31)16-23(21-11-7-8-12-24(21)30(34)35)29-27(33)20-14-13-18(3)22(15-20)28-26(32)19-9-5-4-6-10-19/h4-15,17,23H,16H2,1-3H3,(H,28,32)(H,29,33). The lowest BCUT2D eigenvalue weighted by Gasteiger charge is -2.20. The molecule has 0 aliphatic heterocycles. The molecule has 186 valence electrons. The molecule has 0 fully saturated rings. The van der Waals surface area contributed by atoms with Crippen molar-refractivity contribution in [3.8, 4) is 0 Å². The third-order valence-corrected chi connectivity index (χ3v) is 5.34. The first-order valence-corrected chi connectivity index (χ1v) is 11.4. The van der Waals surface area contributed by atoms with Gasteiger partial charge in [0.25, 0.3) is 17.5 Å². The van der Waals surface area contributed by atoms with E-state index in [9.17, 15) is 24.5 Å². The largest absolute Gasteiger partial charge is 0.463 e. The number of esters is 1. The second-order valence-electron chi connectivity index (χ2n) is 8.43. The summed E-state index contributed by atoms with van der Waals surface area (Å²) in [5.41, 5.74) is 1.82. The quantitative estimate of drug-likeness (QED) is 0.248. The summed E-state index contributed by atoms with van der Waals surface area (Å²) in [6.45, 7) is 5.17. The van der Waals surface area contributed by atoms with Gasteiger partial charge in [0.05, 0.1) is 29.1 Å². The lowest BCUT2D eigenvalue weighted by molar-refractivity contribution is -0.385. The highest BCUT2D eigenvalue weighted by Gasteiger charge is 2.27. The molecule has 0 aliphatic rings.